The van der Waals surface area contributed by atoms with Gasteiger partial charge in [0.05, 0.1) is 11.0 Å². The summed E-state index contributed by atoms with van der Waals surface area (Å²) in [6.45, 7) is 2.46. The van der Waals surface area contributed by atoms with Crippen molar-refractivity contribution in [3.8, 4) is 0 Å². The van der Waals surface area contributed by atoms with Crippen LogP contribution in [0.1, 0.15) is 18.4 Å². The molecule has 144 valence electrons. The molecule has 8 nitrogen and oxygen atoms in total. The van der Waals surface area contributed by atoms with E-state index < -0.39 is 21.3 Å². The average Bonchev–Trinajstić information content (AvgIpc) is 3.15. The Balaban J connectivity index is 1.77. The largest absolute Gasteiger partial charge is 0.376 e. The molecule has 1 fully saturated rings. The molecule has 1 aliphatic heterocycles. The molecule has 1 aromatic heterocycles. The van der Waals surface area contributed by atoms with Crippen LogP contribution in [0.4, 0.5) is 0 Å². The summed E-state index contributed by atoms with van der Waals surface area (Å²) in [5, 5.41) is 6.30. The van der Waals surface area contributed by atoms with Gasteiger partial charge in [0.25, 0.3) is 5.56 Å². The van der Waals surface area contributed by atoms with E-state index in [1.54, 1.807) is 19.1 Å². The highest BCUT2D eigenvalue weighted by molar-refractivity contribution is 7.91. The SMILES string of the molecule is Cc1cccc(S(=O)(=O)c2ccc(=O)n(CC(=O)NC[C@@H]3CCCO3)n2)c1. The van der Waals surface area contributed by atoms with Crippen molar-refractivity contribution in [1.82, 2.24) is 15.1 Å². The number of aryl methyl sites for hydroxylation is 1. The molecule has 3 rings (SSSR count). The first kappa shape index (κ1) is 19.2. The van der Waals surface area contributed by atoms with Gasteiger partial charge in [-0.1, -0.05) is 12.1 Å². The molecule has 0 aliphatic carbocycles. The zero-order valence-electron chi connectivity index (χ0n) is 14.9. The number of benzene rings is 1. The number of ether oxygens (including phenoxy) is 1. The van der Waals surface area contributed by atoms with Crippen LogP contribution in [0.15, 0.2) is 51.1 Å². The lowest BCUT2D eigenvalue weighted by Crippen LogP contribution is -2.37. The van der Waals surface area contributed by atoms with Gasteiger partial charge in [0.15, 0.2) is 5.03 Å². The minimum Gasteiger partial charge on any atom is -0.376 e. The second-order valence-corrected chi connectivity index (χ2v) is 8.32. The van der Waals surface area contributed by atoms with Gasteiger partial charge in [0, 0.05) is 19.2 Å². The van der Waals surface area contributed by atoms with E-state index in [1.165, 1.54) is 12.1 Å². The quantitative estimate of drug-likeness (QED) is 0.776. The molecule has 1 amide bonds. The first-order chi connectivity index (χ1) is 12.9. The Kier molecular flexibility index (Phi) is 5.71. The number of aromatic nitrogens is 2. The molecule has 0 bridgehead atoms. The first-order valence-electron chi connectivity index (χ1n) is 8.64. The van der Waals surface area contributed by atoms with Gasteiger partial charge in [-0.25, -0.2) is 13.1 Å². The Labute approximate surface area is 157 Å². The number of amides is 1. The third-order valence-corrected chi connectivity index (χ3v) is 5.90. The first-order valence-corrected chi connectivity index (χ1v) is 10.1. The molecular weight excluding hydrogens is 370 g/mol. The summed E-state index contributed by atoms with van der Waals surface area (Å²) in [4.78, 5) is 24.2. The molecular formula is C18H21N3O5S. The van der Waals surface area contributed by atoms with E-state index in [9.17, 15) is 18.0 Å². The highest BCUT2D eigenvalue weighted by Gasteiger charge is 2.21. The minimum absolute atomic E-state index is 0.0216. The van der Waals surface area contributed by atoms with E-state index in [0.717, 1.165) is 35.2 Å². The molecule has 1 N–H and O–H groups in total. The maximum absolute atomic E-state index is 12.7. The van der Waals surface area contributed by atoms with Gasteiger partial charge in [-0.05, 0) is 43.5 Å². The van der Waals surface area contributed by atoms with Gasteiger partial charge < -0.3 is 10.1 Å². The van der Waals surface area contributed by atoms with Crippen molar-refractivity contribution in [2.24, 2.45) is 0 Å². The molecule has 9 heteroatoms. The number of hydrogen-bond acceptors (Lipinski definition) is 6. The predicted molar refractivity (Wildman–Crippen MR) is 97.1 cm³/mol. The van der Waals surface area contributed by atoms with Crippen LogP contribution >= 0.6 is 0 Å². The standard InChI is InChI=1S/C18H21N3O5S/c1-13-4-2-6-15(10-13)27(24,25)17-7-8-18(23)21(20-17)12-16(22)19-11-14-5-3-9-26-14/h2,4,6-8,10,14H,3,5,9,11-12H2,1H3,(H,19,22)/t14-/m0/s1. The van der Waals surface area contributed by atoms with Crippen LogP contribution in [-0.2, 0) is 25.9 Å². The number of hydrogen-bond donors (Lipinski definition) is 1. The van der Waals surface area contributed by atoms with Crippen LogP contribution in [0.2, 0.25) is 0 Å². The van der Waals surface area contributed by atoms with Crippen LogP contribution < -0.4 is 10.9 Å². The number of carbonyl (C=O) groups excluding carboxylic acids is 1. The van der Waals surface area contributed by atoms with Crippen LogP contribution in [0.3, 0.4) is 0 Å². The summed E-state index contributed by atoms with van der Waals surface area (Å²) in [6.07, 6.45) is 1.81. The molecule has 2 aromatic rings. The highest BCUT2D eigenvalue weighted by Crippen LogP contribution is 2.18. The maximum Gasteiger partial charge on any atom is 0.267 e. The van der Waals surface area contributed by atoms with Gasteiger partial charge in [0.2, 0.25) is 15.7 Å². The summed E-state index contributed by atoms with van der Waals surface area (Å²) in [7, 11) is -3.88. The van der Waals surface area contributed by atoms with Crippen molar-refractivity contribution in [3.05, 3.63) is 52.3 Å². The van der Waals surface area contributed by atoms with Crippen LogP contribution in [0.5, 0.6) is 0 Å². The second-order valence-electron chi connectivity index (χ2n) is 6.43. The fourth-order valence-electron chi connectivity index (χ4n) is 2.81. The molecule has 0 spiro atoms. The van der Waals surface area contributed by atoms with Crippen LogP contribution in [-0.4, -0.2) is 43.4 Å². The molecule has 27 heavy (non-hydrogen) atoms. The third kappa shape index (κ3) is 4.61. The Morgan fingerprint density at radius 2 is 2.15 bits per heavy atom. The fraction of sp³-hybridized carbons (Fsp3) is 0.389. The Morgan fingerprint density at radius 3 is 2.85 bits per heavy atom. The van der Waals surface area contributed by atoms with Crippen molar-refractivity contribution >= 4 is 15.7 Å². The minimum atomic E-state index is -3.88. The summed E-state index contributed by atoms with van der Waals surface area (Å²) < 4.78 is 31.8. The number of rotatable bonds is 6. The number of nitrogens with zero attached hydrogens (tertiary/aromatic N) is 2. The van der Waals surface area contributed by atoms with E-state index in [2.05, 4.69) is 10.4 Å². The van der Waals surface area contributed by atoms with Gasteiger partial charge in [-0.2, -0.15) is 5.10 Å². The van der Waals surface area contributed by atoms with Crippen LogP contribution in [0.25, 0.3) is 0 Å². The smallest absolute Gasteiger partial charge is 0.267 e. The summed E-state index contributed by atoms with van der Waals surface area (Å²) in [5.74, 6) is -0.426. The number of sulfone groups is 1. The van der Waals surface area contributed by atoms with Gasteiger partial charge >= 0.3 is 0 Å². The van der Waals surface area contributed by atoms with E-state index in [0.29, 0.717) is 13.2 Å². The maximum atomic E-state index is 12.7. The fourth-order valence-corrected chi connectivity index (χ4v) is 4.11. The van der Waals surface area contributed by atoms with E-state index in [-0.39, 0.29) is 22.6 Å². The average molecular weight is 391 g/mol. The number of carbonyl (C=O) groups is 1. The third-order valence-electron chi connectivity index (χ3n) is 4.26. The molecule has 0 saturated carbocycles. The Morgan fingerprint density at radius 1 is 1.33 bits per heavy atom. The van der Waals surface area contributed by atoms with Crippen molar-refractivity contribution in [2.75, 3.05) is 13.2 Å². The van der Waals surface area contributed by atoms with Crippen molar-refractivity contribution < 1.29 is 17.9 Å². The van der Waals surface area contributed by atoms with E-state index in [1.807, 2.05) is 0 Å². The van der Waals surface area contributed by atoms with Gasteiger partial charge in [-0.3, -0.25) is 9.59 Å². The lowest BCUT2D eigenvalue weighted by atomic mass is 10.2. The summed E-state index contributed by atoms with van der Waals surface area (Å²) in [6, 6.07) is 8.67. The summed E-state index contributed by atoms with van der Waals surface area (Å²) in [5.41, 5.74) is 0.239. The second kappa shape index (κ2) is 8.01. The van der Waals surface area contributed by atoms with Crippen molar-refractivity contribution in [3.63, 3.8) is 0 Å². The monoisotopic (exact) mass is 391 g/mol. The number of nitrogens with one attached hydrogen (secondary N) is 1. The molecule has 1 saturated heterocycles. The molecule has 2 heterocycles. The molecule has 1 aliphatic rings. The molecule has 1 atom stereocenters. The molecule has 0 unspecified atom stereocenters. The predicted octanol–water partition coefficient (Wildman–Crippen LogP) is 0.680. The Hall–Kier alpha value is -2.52. The highest BCUT2D eigenvalue weighted by atomic mass is 32.2. The zero-order chi connectivity index (χ0) is 19.4. The lowest BCUT2D eigenvalue weighted by molar-refractivity contribution is -0.122. The molecule has 1 aromatic carbocycles. The Bertz CT molecular complexity index is 994. The normalized spacial score (nSPS) is 17.0. The van der Waals surface area contributed by atoms with Gasteiger partial charge in [0.1, 0.15) is 6.54 Å². The topological polar surface area (TPSA) is 107 Å². The molecule has 0 radical (unpaired) electrons. The summed E-state index contributed by atoms with van der Waals surface area (Å²) >= 11 is 0. The van der Waals surface area contributed by atoms with E-state index in [4.69, 9.17) is 4.74 Å². The zero-order valence-corrected chi connectivity index (χ0v) is 15.7. The van der Waals surface area contributed by atoms with Crippen LogP contribution in [0, 0.1) is 6.92 Å². The lowest BCUT2D eigenvalue weighted by Gasteiger charge is -2.12. The van der Waals surface area contributed by atoms with Crippen molar-refractivity contribution in [2.45, 2.75) is 42.3 Å². The van der Waals surface area contributed by atoms with Crippen molar-refractivity contribution in [1.29, 1.82) is 0 Å². The van der Waals surface area contributed by atoms with Gasteiger partial charge in [-0.15, -0.1) is 0 Å². The van der Waals surface area contributed by atoms with E-state index >= 15 is 0 Å².